The van der Waals surface area contributed by atoms with Crippen LogP contribution < -0.4 is 20.1 Å². The number of rotatable bonds is 14. The average molecular weight is 719 g/mol. The number of para-hydroxylation sites is 2. The number of hydrogen-bond donors (Lipinski definition) is 2. The maximum absolute atomic E-state index is 13.5. The van der Waals surface area contributed by atoms with Crippen LogP contribution in [0.5, 0.6) is 11.5 Å². The number of ether oxygens (including phenoxy) is 2. The molecule has 6 nitrogen and oxygen atoms in total. The molecule has 4 rings (SSSR count). The smallest absolute Gasteiger partial charge is 0.410 e. The molecule has 0 saturated heterocycles. The van der Waals surface area contributed by atoms with Crippen LogP contribution in [0.2, 0.25) is 0 Å². The van der Waals surface area contributed by atoms with Gasteiger partial charge in [-0.3, -0.25) is 10.6 Å². The largest absolute Gasteiger partial charge is 0.417 e. The van der Waals surface area contributed by atoms with Crippen molar-refractivity contribution in [1.82, 2.24) is 0 Å². The highest BCUT2D eigenvalue weighted by molar-refractivity contribution is 5.89. The van der Waals surface area contributed by atoms with Crippen molar-refractivity contribution in [3.63, 3.8) is 0 Å². The van der Waals surface area contributed by atoms with Gasteiger partial charge in [0.05, 0.1) is 0 Å². The fourth-order valence-corrected chi connectivity index (χ4v) is 6.20. The predicted molar refractivity (Wildman–Crippen MR) is 221 cm³/mol. The molecule has 0 aliphatic carbocycles. The molecule has 0 aromatic heterocycles. The molecule has 4 aromatic carbocycles. The van der Waals surface area contributed by atoms with E-state index in [1.807, 2.05) is 60.7 Å². The van der Waals surface area contributed by atoms with Crippen molar-refractivity contribution < 1.29 is 19.1 Å². The number of nitrogens with one attached hydrogen (secondary N) is 2. The average Bonchev–Trinajstić information content (AvgIpc) is 3.13. The first-order valence-electron chi connectivity index (χ1n) is 19.3. The predicted octanol–water partition coefficient (Wildman–Crippen LogP) is 13.2. The number of anilines is 2. The van der Waals surface area contributed by atoms with Crippen LogP contribution in [0.15, 0.2) is 84.9 Å². The van der Waals surface area contributed by atoms with Gasteiger partial charge in [-0.2, -0.15) is 0 Å². The van der Waals surface area contributed by atoms with Gasteiger partial charge in [-0.05, 0) is 93.9 Å². The fraction of sp³-hybridized carbons (Fsp3) is 0.447. The monoisotopic (exact) mass is 718 g/mol. The first-order valence-corrected chi connectivity index (χ1v) is 19.3. The molecule has 2 amide bonds. The van der Waals surface area contributed by atoms with E-state index in [4.69, 9.17) is 9.47 Å². The lowest BCUT2D eigenvalue weighted by Crippen LogP contribution is -2.24. The summed E-state index contributed by atoms with van der Waals surface area (Å²) in [5.74, 6) is 1.12. The van der Waals surface area contributed by atoms with E-state index >= 15 is 0 Å². The van der Waals surface area contributed by atoms with Gasteiger partial charge in [-0.25, -0.2) is 9.59 Å². The van der Waals surface area contributed by atoms with Crippen molar-refractivity contribution >= 4 is 23.6 Å². The van der Waals surface area contributed by atoms with Gasteiger partial charge in [0.2, 0.25) is 0 Å². The molecule has 284 valence electrons. The Morgan fingerprint density at radius 3 is 1.17 bits per heavy atom. The van der Waals surface area contributed by atoms with E-state index in [0.29, 0.717) is 29.3 Å². The third-order valence-corrected chi connectivity index (χ3v) is 11.8. The summed E-state index contributed by atoms with van der Waals surface area (Å²) < 4.78 is 12.1. The highest BCUT2D eigenvalue weighted by Crippen LogP contribution is 2.40. The molecule has 2 N–H and O–H groups in total. The zero-order chi connectivity index (χ0) is 39.2. The third kappa shape index (κ3) is 9.90. The molecule has 0 fully saturated rings. The van der Waals surface area contributed by atoms with Gasteiger partial charge in [0.1, 0.15) is 11.5 Å². The zero-order valence-corrected chi connectivity index (χ0v) is 34.3. The Hall–Kier alpha value is -4.58. The molecule has 0 heterocycles. The van der Waals surface area contributed by atoms with E-state index in [1.54, 1.807) is 0 Å². The second-order valence-electron chi connectivity index (χ2n) is 16.9. The summed E-state index contributed by atoms with van der Waals surface area (Å²) in [6.45, 7) is 26.4. The van der Waals surface area contributed by atoms with Crippen molar-refractivity contribution in [3.05, 3.63) is 118 Å². The Kier molecular flexibility index (Phi) is 12.9. The number of amides is 2. The van der Waals surface area contributed by atoms with E-state index in [0.717, 1.165) is 47.9 Å². The van der Waals surface area contributed by atoms with Gasteiger partial charge in [-0.15, -0.1) is 0 Å². The Balaban J connectivity index is 1.55. The van der Waals surface area contributed by atoms with Gasteiger partial charge >= 0.3 is 12.2 Å². The lowest BCUT2D eigenvalue weighted by Gasteiger charge is -2.30. The van der Waals surface area contributed by atoms with Gasteiger partial charge < -0.3 is 9.47 Å². The molecule has 53 heavy (non-hydrogen) atoms. The summed E-state index contributed by atoms with van der Waals surface area (Å²) in [6.07, 6.45) is 3.14. The van der Waals surface area contributed by atoms with E-state index in [9.17, 15) is 9.59 Å². The van der Waals surface area contributed by atoms with Crippen LogP contribution in [0.25, 0.3) is 0 Å². The second-order valence-corrected chi connectivity index (χ2v) is 16.9. The Morgan fingerprint density at radius 1 is 0.491 bits per heavy atom. The van der Waals surface area contributed by atoms with Crippen LogP contribution >= 0.6 is 0 Å². The van der Waals surface area contributed by atoms with Crippen LogP contribution in [-0.4, -0.2) is 12.2 Å². The van der Waals surface area contributed by atoms with E-state index in [-0.39, 0.29) is 21.7 Å². The SMILES string of the molecule is CCC(C)(C)c1ccc(OC(=O)Nc2ccccc2Cc2ccccc2NC(=O)Oc2ccc(C(C)(C)CC)cc2C(C)(C)CC)c(C(C)(C)CC)c1. The number of carbonyl (C=O) groups excluding carboxylic acids is 2. The van der Waals surface area contributed by atoms with Crippen molar-refractivity contribution in [3.8, 4) is 11.5 Å². The second kappa shape index (κ2) is 16.6. The standard InChI is InChI=1S/C47H62N2O4/c1-13-44(5,6)34-25-27-40(36(30-34)46(9,10)15-3)52-42(50)48-38-23-19-17-21-32(38)29-33-22-18-20-24-39(33)49-43(51)53-41-28-26-35(45(7,8)14-2)31-37(41)47(11,12)16-4/h17-28,30-31H,13-16,29H2,1-12H3,(H,48,50)(H,49,51). The summed E-state index contributed by atoms with van der Waals surface area (Å²) >= 11 is 0. The molecule has 4 aromatic rings. The molecular formula is C47H62N2O4. The molecule has 0 radical (unpaired) electrons. The van der Waals surface area contributed by atoms with Crippen LogP contribution in [-0.2, 0) is 28.1 Å². The maximum atomic E-state index is 13.5. The summed E-state index contributed by atoms with van der Waals surface area (Å²) in [7, 11) is 0. The highest BCUT2D eigenvalue weighted by Gasteiger charge is 2.29. The summed E-state index contributed by atoms with van der Waals surface area (Å²) in [5.41, 5.74) is 7.15. The van der Waals surface area contributed by atoms with Gasteiger partial charge in [0.25, 0.3) is 0 Å². The Labute approximate surface area is 319 Å². The van der Waals surface area contributed by atoms with Crippen molar-refractivity contribution in [2.24, 2.45) is 0 Å². The summed E-state index contributed by atoms with van der Waals surface area (Å²) in [5, 5.41) is 5.99. The minimum Gasteiger partial charge on any atom is -0.410 e. The van der Waals surface area contributed by atoms with E-state index < -0.39 is 12.2 Å². The van der Waals surface area contributed by atoms with Gasteiger partial charge in [0.15, 0.2) is 0 Å². The van der Waals surface area contributed by atoms with Crippen molar-refractivity contribution in [1.29, 1.82) is 0 Å². The molecule has 0 atom stereocenters. The Bertz CT molecular complexity index is 1770. The number of carbonyl (C=O) groups is 2. The molecule has 0 aliphatic rings. The first kappa shape index (κ1) is 41.2. The fourth-order valence-electron chi connectivity index (χ4n) is 6.20. The molecule has 0 spiro atoms. The van der Waals surface area contributed by atoms with Crippen molar-refractivity contribution in [2.75, 3.05) is 10.6 Å². The minimum atomic E-state index is -0.553. The van der Waals surface area contributed by atoms with Crippen LogP contribution in [0.1, 0.15) is 142 Å². The zero-order valence-electron chi connectivity index (χ0n) is 34.3. The molecule has 0 bridgehead atoms. The third-order valence-electron chi connectivity index (χ3n) is 11.8. The molecule has 0 saturated carbocycles. The van der Waals surface area contributed by atoms with Crippen molar-refractivity contribution in [2.45, 2.75) is 137 Å². The Morgan fingerprint density at radius 2 is 0.830 bits per heavy atom. The van der Waals surface area contributed by atoms with Gasteiger partial charge in [-0.1, -0.05) is 144 Å². The minimum absolute atomic E-state index is 0.00636. The van der Waals surface area contributed by atoms with Crippen LogP contribution in [0.3, 0.4) is 0 Å². The van der Waals surface area contributed by atoms with Gasteiger partial charge in [0, 0.05) is 28.9 Å². The quantitative estimate of drug-likeness (QED) is 0.136. The lowest BCUT2D eigenvalue weighted by molar-refractivity contribution is 0.213. The molecule has 6 heteroatoms. The normalized spacial score (nSPS) is 12.3. The molecule has 0 aliphatic heterocycles. The lowest BCUT2D eigenvalue weighted by atomic mass is 9.76. The highest BCUT2D eigenvalue weighted by atomic mass is 16.6. The number of benzene rings is 4. The summed E-state index contributed by atoms with van der Waals surface area (Å²) in [4.78, 5) is 27.0. The summed E-state index contributed by atoms with van der Waals surface area (Å²) in [6, 6.07) is 27.7. The maximum Gasteiger partial charge on any atom is 0.417 e. The van der Waals surface area contributed by atoms with E-state index in [2.05, 4.69) is 118 Å². The van der Waals surface area contributed by atoms with Crippen LogP contribution in [0.4, 0.5) is 21.0 Å². The topological polar surface area (TPSA) is 76.7 Å². The number of hydrogen-bond acceptors (Lipinski definition) is 4. The van der Waals surface area contributed by atoms with Crippen LogP contribution in [0, 0.1) is 0 Å². The van der Waals surface area contributed by atoms with E-state index in [1.165, 1.54) is 11.1 Å². The molecular weight excluding hydrogens is 657 g/mol. The molecule has 0 unspecified atom stereocenters. The first-order chi connectivity index (χ1) is 24.9.